The summed E-state index contributed by atoms with van der Waals surface area (Å²) in [6, 6.07) is 0. The van der Waals surface area contributed by atoms with Crippen LogP contribution in [0.1, 0.15) is 13.3 Å². The van der Waals surface area contributed by atoms with Gasteiger partial charge in [0.15, 0.2) is 0 Å². The Morgan fingerprint density at radius 2 is 2.38 bits per heavy atom. The van der Waals surface area contributed by atoms with E-state index in [9.17, 15) is 4.79 Å². The maximum absolute atomic E-state index is 10.9. The zero-order valence-electron chi connectivity index (χ0n) is 8.21. The molecule has 1 aliphatic heterocycles. The number of carbonyl (C=O) groups excluding carboxylic acids is 1. The number of ether oxygens (including phenoxy) is 1. The van der Waals surface area contributed by atoms with E-state index in [0.717, 1.165) is 32.6 Å². The lowest BCUT2D eigenvalue weighted by atomic mass is 10.4. The van der Waals surface area contributed by atoms with Crippen molar-refractivity contribution in [3.05, 3.63) is 0 Å². The first kappa shape index (κ1) is 10.5. The van der Waals surface area contributed by atoms with Crippen LogP contribution in [0.5, 0.6) is 0 Å². The molecule has 1 saturated heterocycles. The van der Waals surface area contributed by atoms with Crippen LogP contribution in [0.4, 0.5) is 0 Å². The first-order valence-electron chi connectivity index (χ1n) is 4.91. The van der Waals surface area contributed by atoms with Crippen molar-refractivity contribution in [1.29, 1.82) is 0 Å². The minimum absolute atomic E-state index is 0.0956. The molecule has 76 valence electrons. The van der Waals surface area contributed by atoms with Gasteiger partial charge >= 0.3 is 5.97 Å². The molecular weight excluding hydrogens is 168 g/mol. The highest BCUT2D eigenvalue weighted by molar-refractivity contribution is 5.72. The molecule has 1 fully saturated rings. The van der Waals surface area contributed by atoms with Gasteiger partial charge < -0.3 is 10.1 Å². The van der Waals surface area contributed by atoms with Crippen molar-refractivity contribution in [2.75, 3.05) is 39.3 Å². The molecule has 0 atom stereocenters. The summed E-state index contributed by atoms with van der Waals surface area (Å²) < 4.78 is 4.83. The second-order valence-electron chi connectivity index (χ2n) is 3.25. The lowest BCUT2D eigenvalue weighted by molar-refractivity contribution is -0.150. The number of cyclic esters (lactones) is 1. The number of morpholine rings is 1. The van der Waals surface area contributed by atoms with Crippen LogP contribution in [0.15, 0.2) is 0 Å². The van der Waals surface area contributed by atoms with Gasteiger partial charge in [0.2, 0.25) is 0 Å². The first-order valence-corrected chi connectivity index (χ1v) is 4.91. The maximum atomic E-state index is 10.9. The fourth-order valence-electron chi connectivity index (χ4n) is 1.33. The quantitative estimate of drug-likeness (QED) is 0.479. The number of nitrogens with zero attached hydrogens (tertiary/aromatic N) is 1. The van der Waals surface area contributed by atoms with Crippen LogP contribution < -0.4 is 5.32 Å². The van der Waals surface area contributed by atoms with Crippen LogP contribution in [0.2, 0.25) is 0 Å². The molecule has 4 heteroatoms. The minimum atomic E-state index is -0.0956. The summed E-state index contributed by atoms with van der Waals surface area (Å²) in [5.74, 6) is -0.0956. The van der Waals surface area contributed by atoms with Crippen LogP contribution in [-0.4, -0.2) is 50.2 Å². The molecule has 1 N–H and O–H groups in total. The van der Waals surface area contributed by atoms with Crippen LogP contribution in [0.3, 0.4) is 0 Å². The summed E-state index contributed by atoms with van der Waals surface area (Å²) >= 11 is 0. The Bertz CT molecular complexity index is 162. The molecule has 0 unspecified atom stereocenters. The zero-order valence-corrected chi connectivity index (χ0v) is 8.21. The summed E-state index contributed by atoms with van der Waals surface area (Å²) in [7, 11) is 0. The minimum Gasteiger partial charge on any atom is -0.463 e. The Balaban J connectivity index is 2.03. The molecule has 0 radical (unpaired) electrons. The fourth-order valence-corrected chi connectivity index (χ4v) is 1.33. The van der Waals surface area contributed by atoms with E-state index >= 15 is 0 Å². The largest absolute Gasteiger partial charge is 0.463 e. The molecule has 0 aliphatic carbocycles. The highest BCUT2D eigenvalue weighted by Gasteiger charge is 2.16. The second-order valence-corrected chi connectivity index (χ2v) is 3.25. The number of hydrogen-bond acceptors (Lipinski definition) is 4. The summed E-state index contributed by atoms with van der Waals surface area (Å²) in [6.45, 7) is 6.97. The first-order chi connectivity index (χ1) is 6.33. The molecule has 1 heterocycles. The van der Waals surface area contributed by atoms with E-state index in [1.54, 1.807) is 0 Å². The summed E-state index contributed by atoms with van der Waals surface area (Å²) in [4.78, 5) is 13.0. The van der Waals surface area contributed by atoms with Crippen molar-refractivity contribution in [3.63, 3.8) is 0 Å². The van der Waals surface area contributed by atoms with Crippen LogP contribution >= 0.6 is 0 Å². The van der Waals surface area contributed by atoms with Gasteiger partial charge in [0.25, 0.3) is 0 Å². The Morgan fingerprint density at radius 3 is 3.08 bits per heavy atom. The predicted octanol–water partition coefficient (Wildman–Crippen LogP) is -0.155. The third-order valence-corrected chi connectivity index (χ3v) is 2.05. The highest BCUT2D eigenvalue weighted by atomic mass is 16.5. The van der Waals surface area contributed by atoms with Crippen LogP contribution in [0, 0.1) is 0 Å². The number of hydrogen-bond donors (Lipinski definition) is 1. The molecule has 0 bridgehead atoms. The van der Waals surface area contributed by atoms with Gasteiger partial charge in [-0.3, -0.25) is 9.69 Å². The molecule has 0 saturated carbocycles. The fraction of sp³-hybridized carbons (Fsp3) is 0.889. The van der Waals surface area contributed by atoms with Gasteiger partial charge in [-0.25, -0.2) is 0 Å². The van der Waals surface area contributed by atoms with E-state index in [1.807, 2.05) is 0 Å². The number of esters is 1. The average molecular weight is 186 g/mol. The van der Waals surface area contributed by atoms with Crippen molar-refractivity contribution >= 4 is 5.97 Å². The van der Waals surface area contributed by atoms with Crippen molar-refractivity contribution in [2.45, 2.75) is 13.3 Å². The van der Waals surface area contributed by atoms with Crippen molar-refractivity contribution in [2.24, 2.45) is 0 Å². The molecule has 13 heavy (non-hydrogen) atoms. The predicted molar refractivity (Wildman–Crippen MR) is 50.6 cm³/mol. The third-order valence-electron chi connectivity index (χ3n) is 2.05. The van der Waals surface area contributed by atoms with E-state index in [-0.39, 0.29) is 5.97 Å². The van der Waals surface area contributed by atoms with Gasteiger partial charge in [0.05, 0.1) is 6.54 Å². The van der Waals surface area contributed by atoms with E-state index in [0.29, 0.717) is 13.2 Å². The van der Waals surface area contributed by atoms with Crippen molar-refractivity contribution < 1.29 is 9.53 Å². The Morgan fingerprint density at radius 1 is 1.54 bits per heavy atom. The van der Waals surface area contributed by atoms with E-state index < -0.39 is 0 Å². The molecule has 0 amide bonds. The number of carbonyl (C=O) groups is 1. The lowest BCUT2D eigenvalue weighted by Crippen LogP contribution is -2.42. The molecular formula is C9H18N2O2. The van der Waals surface area contributed by atoms with Gasteiger partial charge in [-0.2, -0.15) is 0 Å². The number of nitrogens with one attached hydrogen (secondary N) is 1. The van der Waals surface area contributed by atoms with Gasteiger partial charge in [-0.1, -0.05) is 6.92 Å². The molecule has 4 nitrogen and oxygen atoms in total. The Hall–Kier alpha value is -0.610. The standard InChI is InChI=1S/C9H18N2O2/c1-2-3-10-4-5-11-6-7-13-9(12)8-11/h10H,2-8H2,1H3. The van der Waals surface area contributed by atoms with Crippen LogP contribution in [0.25, 0.3) is 0 Å². The van der Waals surface area contributed by atoms with Gasteiger partial charge in [-0.15, -0.1) is 0 Å². The average Bonchev–Trinajstić information content (AvgIpc) is 2.13. The van der Waals surface area contributed by atoms with Crippen molar-refractivity contribution in [1.82, 2.24) is 10.2 Å². The molecule has 0 aromatic carbocycles. The van der Waals surface area contributed by atoms with E-state index in [2.05, 4.69) is 17.1 Å². The number of rotatable bonds is 5. The van der Waals surface area contributed by atoms with E-state index in [1.165, 1.54) is 0 Å². The van der Waals surface area contributed by atoms with E-state index in [4.69, 9.17) is 4.74 Å². The highest BCUT2D eigenvalue weighted by Crippen LogP contribution is 1.96. The van der Waals surface area contributed by atoms with Gasteiger partial charge in [-0.05, 0) is 13.0 Å². The lowest BCUT2D eigenvalue weighted by Gasteiger charge is -2.25. The monoisotopic (exact) mass is 186 g/mol. The molecule has 1 aliphatic rings. The SMILES string of the molecule is CCCNCCN1CCOC(=O)C1. The summed E-state index contributed by atoms with van der Waals surface area (Å²) in [6.07, 6.45) is 1.15. The smallest absolute Gasteiger partial charge is 0.320 e. The molecule has 0 spiro atoms. The second kappa shape index (κ2) is 5.94. The Kier molecular flexibility index (Phi) is 4.78. The molecule has 1 rings (SSSR count). The summed E-state index contributed by atoms with van der Waals surface area (Å²) in [5, 5.41) is 3.30. The van der Waals surface area contributed by atoms with Gasteiger partial charge in [0, 0.05) is 19.6 Å². The molecule has 0 aromatic rings. The zero-order chi connectivity index (χ0) is 9.52. The van der Waals surface area contributed by atoms with Gasteiger partial charge in [0.1, 0.15) is 6.61 Å². The topological polar surface area (TPSA) is 41.6 Å². The maximum Gasteiger partial charge on any atom is 0.320 e. The molecule has 0 aromatic heterocycles. The van der Waals surface area contributed by atoms with Crippen LogP contribution in [-0.2, 0) is 9.53 Å². The summed E-state index contributed by atoms with van der Waals surface area (Å²) in [5.41, 5.74) is 0. The Labute approximate surface area is 79.2 Å². The normalized spacial score (nSPS) is 18.7. The van der Waals surface area contributed by atoms with Crippen molar-refractivity contribution in [3.8, 4) is 0 Å². The third kappa shape index (κ3) is 4.24.